The van der Waals surface area contributed by atoms with Crippen molar-refractivity contribution in [1.29, 1.82) is 0 Å². The van der Waals surface area contributed by atoms with Gasteiger partial charge in [0.2, 0.25) is 0 Å². The van der Waals surface area contributed by atoms with Crippen molar-refractivity contribution in [3.8, 4) is 0 Å². The van der Waals surface area contributed by atoms with E-state index >= 15 is 0 Å². The van der Waals surface area contributed by atoms with Crippen LogP contribution in [0.5, 0.6) is 0 Å². The van der Waals surface area contributed by atoms with Crippen LogP contribution in [0, 0.1) is 65.1 Å². The van der Waals surface area contributed by atoms with Crippen molar-refractivity contribution in [1.82, 2.24) is 0 Å². The summed E-state index contributed by atoms with van der Waals surface area (Å²) in [5, 5.41) is 0. The van der Waals surface area contributed by atoms with Gasteiger partial charge in [0.25, 0.3) is 0 Å². The molecule has 3 aliphatic carbocycles. The summed E-state index contributed by atoms with van der Waals surface area (Å²) in [6.45, 7) is 20.1. The highest BCUT2D eigenvalue weighted by Gasteiger charge is 2.64. The summed E-state index contributed by atoms with van der Waals surface area (Å²) in [5.74, 6) is -7.27. The summed E-state index contributed by atoms with van der Waals surface area (Å²) in [7, 11) is 0. The van der Waals surface area contributed by atoms with Crippen molar-refractivity contribution < 1.29 is 38.1 Å². The van der Waals surface area contributed by atoms with Crippen molar-refractivity contribution in [3.05, 3.63) is 11.6 Å². The zero-order chi connectivity index (χ0) is 29.6. The molecule has 0 aromatic rings. The third kappa shape index (κ3) is 8.31. The molecule has 1 fully saturated rings. The second kappa shape index (κ2) is 14.3. The lowest BCUT2D eigenvalue weighted by molar-refractivity contribution is -0.188. The van der Waals surface area contributed by atoms with Crippen LogP contribution in [0.2, 0.25) is 0 Å². The molecule has 0 spiro atoms. The van der Waals surface area contributed by atoms with Crippen LogP contribution in [0.15, 0.2) is 11.6 Å². The van der Waals surface area contributed by atoms with Gasteiger partial charge in [-0.15, -0.1) is 0 Å². The lowest BCUT2D eigenvalue weighted by Crippen LogP contribution is -2.60. The van der Waals surface area contributed by atoms with Gasteiger partial charge >= 0.3 is 23.9 Å². The Bertz CT molecular complexity index is 840. The number of fused-ring (bicyclic) bond motifs is 2. The Morgan fingerprint density at radius 1 is 0.538 bits per heavy atom. The number of allylic oxidation sites excluding steroid dienone is 2. The summed E-state index contributed by atoms with van der Waals surface area (Å²) in [4.78, 5) is 54.7. The van der Waals surface area contributed by atoms with E-state index in [4.69, 9.17) is 18.9 Å². The number of hydrogen-bond donors (Lipinski definition) is 0. The quantitative estimate of drug-likeness (QED) is 0.177. The summed E-state index contributed by atoms with van der Waals surface area (Å²) in [5.41, 5.74) is 0.860. The van der Waals surface area contributed by atoms with Gasteiger partial charge in [-0.3, -0.25) is 19.2 Å². The van der Waals surface area contributed by atoms with Gasteiger partial charge in [0, 0.05) is 11.8 Å². The number of carbonyl (C=O) groups excluding carboxylic acids is 4. The fourth-order valence-corrected chi connectivity index (χ4v) is 5.48. The zero-order valence-corrected chi connectivity index (χ0v) is 25.5. The first-order valence-corrected chi connectivity index (χ1v) is 14.5. The SMILES string of the molecule is CC(C)COC(=O)C1C2C=C(C(C)C)C(C1C(=O)OCC(C)C)C(C(=O)OCC(C)C)C2C(=O)OCC(C)C. The van der Waals surface area contributed by atoms with Gasteiger partial charge in [-0.2, -0.15) is 0 Å². The number of ether oxygens (including phenoxy) is 4. The first-order chi connectivity index (χ1) is 18.2. The van der Waals surface area contributed by atoms with E-state index in [0.29, 0.717) is 0 Å². The molecule has 8 nitrogen and oxygen atoms in total. The fraction of sp³-hybridized carbons (Fsp3) is 0.806. The van der Waals surface area contributed by atoms with Crippen LogP contribution >= 0.6 is 0 Å². The van der Waals surface area contributed by atoms with Crippen LogP contribution in [0.1, 0.15) is 69.2 Å². The molecular weight excluding hydrogens is 500 g/mol. The Labute approximate surface area is 234 Å². The smallest absolute Gasteiger partial charge is 0.310 e. The zero-order valence-electron chi connectivity index (χ0n) is 25.5. The minimum atomic E-state index is -0.971. The number of carbonyl (C=O) groups is 4. The molecular formula is C31H50O8. The Balaban J connectivity index is 2.68. The standard InChI is InChI=1S/C31H50O8/c1-16(2)12-36-28(32)24-22-11-21(20(9)10)23(26(24)30(34)38-14-18(5)6)27(31(35)39-15-19(7)8)25(22)29(33)37-13-17(3)4/h11,16-20,22-27H,12-15H2,1-10H3. The van der Waals surface area contributed by atoms with E-state index in [-0.39, 0.29) is 56.0 Å². The Morgan fingerprint density at radius 3 is 1.08 bits per heavy atom. The molecule has 0 amide bonds. The van der Waals surface area contributed by atoms with Gasteiger partial charge in [0.05, 0.1) is 50.1 Å². The molecule has 39 heavy (non-hydrogen) atoms. The van der Waals surface area contributed by atoms with Crippen molar-refractivity contribution in [2.75, 3.05) is 26.4 Å². The monoisotopic (exact) mass is 550 g/mol. The van der Waals surface area contributed by atoms with Crippen molar-refractivity contribution in [2.45, 2.75) is 69.2 Å². The van der Waals surface area contributed by atoms with Gasteiger partial charge in [-0.25, -0.2) is 0 Å². The Hall–Kier alpha value is -2.38. The van der Waals surface area contributed by atoms with E-state index in [1.807, 2.05) is 75.3 Å². The average Bonchev–Trinajstić information content (AvgIpc) is 2.85. The third-order valence-electron chi connectivity index (χ3n) is 7.14. The minimum absolute atomic E-state index is 0.0291. The Morgan fingerprint density at radius 2 is 0.821 bits per heavy atom. The van der Waals surface area contributed by atoms with E-state index in [2.05, 4.69) is 0 Å². The maximum Gasteiger partial charge on any atom is 0.310 e. The van der Waals surface area contributed by atoms with Gasteiger partial charge in [-0.05, 0) is 29.6 Å². The molecule has 0 N–H and O–H groups in total. The molecule has 4 unspecified atom stereocenters. The molecule has 0 radical (unpaired) electrons. The van der Waals surface area contributed by atoms with Gasteiger partial charge < -0.3 is 18.9 Å². The molecule has 3 aliphatic rings. The predicted octanol–water partition coefficient (Wildman–Crippen LogP) is 5.09. The molecule has 3 rings (SSSR count). The van der Waals surface area contributed by atoms with Crippen LogP contribution in [-0.2, 0) is 38.1 Å². The Kier molecular flexibility index (Phi) is 12.0. The molecule has 0 aromatic heterocycles. The average molecular weight is 551 g/mol. The van der Waals surface area contributed by atoms with E-state index in [9.17, 15) is 19.2 Å². The van der Waals surface area contributed by atoms with Crippen LogP contribution in [0.3, 0.4) is 0 Å². The number of rotatable bonds is 13. The first kappa shape index (κ1) is 32.8. The number of esters is 4. The predicted molar refractivity (Wildman–Crippen MR) is 147 cm³/mol. The molecule has 0 aliphatic heterocycles. The lowest BCUT2D eigenvalue weighted by atomic mass is 9.49. The molecule has 0 aromatic carbocycles. The first-order valence-electron chi connectivity index (χ1n) is 14.5. The molecule has 0 heterocycles. The maximum absolute atomic E-state index is 13.7. The van der Waals surface area contributed by atoms with Crippen molar-refractivity contribution in [3.63, 3.8) is 0 Å². The largest absolute Gasteiger partial charge is 0.465 e. The second-order valence-electron chi connectivity index (χ2n) is 13.1. The van der Waals surface area contributed by atoms with Crippen molar-refractivity contribution in [2.24, 2.45) is 65.1 Å². The van der Waals surface area contributed by atoms with Crippen LogP contribution in [-0.4, -0.2) is 50.3 Å². The topological polar surface area (TPSA) is 105 Å². The van der Waals surface area contributed by atoms with E-state index in [0.717, 1.165) is 5.57 Å². The van der Waals surface area contributed by atoms with Crippen molar-refractivity contribution >= 4 is 23.9 Å². The maximum atomic E-state index is 13.7. The fourth-order valence-electron chi connectivity index (χ4n) is 5.48. The van der Waals surface area contributed by atoms with E-state index in [1.54, 1.807) is 0 Å². The number of hydrogen-bond acceptors (Lipinski definition) is 8. The highest BCUT2D eigenvalue weighted by Crippen LogP contribution is 2.57. The third-order valence-corrected chi connectivity index (χ3v) is 7.14. The normalized spacial score (nSPS) is 26.3. The minimum Gasteiger partial charge on any atom is -0.465 e. The highest BCUT2D eigenvalue weighted by atomic mass is 16.6. The lowest BCUT2D eigenvalue weighted by Gasteiger charge is -2.52. The summed E-state index contributed by atoms with van der Waals surface area (Å²) in [6.07, 6.45) is 1.91. The molecule has 1 saturated carbocycles. The van der Waals surface area contributed by atoms with Crippen LogP contribution in [0.4, 0.5) is 0 Å². The second-order valence-corrected chi connectivity index (χ2v) is 13.1. The van der Waals surface area contributed by atoms with E-state index in [1.165, 1.54) is 0 Å². The van der Waals surface area contributed by atoms with Gasteiger partial charge in [0.15, 0.2) is 0 Å². The summed E-state index contributed by atoms with van der Waals surface area (Å²) in [6, 6.07) is 0. The highest BCUT2D eigenvalue weighted by molar-refractivity contribution is 5.90. The van der Waals surface area contributed by atoms with Crippen LogP contribution < -0.4 is 0 Å². The van der Waals surface area contributed by atoms with Crippen LogP contribution in [0.25, 0.3) is 0 Å². The molecule has 0 saturated heterocycles. The summed E-state index contributed by atoms with van der Waals surface area (Å²) < 4.78 is 22.7. The van der Waals surface area contributed by atoms with E-state index < -0.39 is 59.4 Å². The molecule has 8 heteroatoms. The van der Waals surface area contributed by atoms with Gasteiger partial charge in [0.1, 0.15) is 0 Å². The summed E-state index contributed by atoms with van der Waals surface area (Å²) >= 11 is 0. The van der Waals surface area contributed by atoms with Gasteiger partial charge in [-0.1, -0.05) is 80.9 Å². The molecule has 222 valence electrons. The molecule has 2 bridgehead atoms. The molecule has 4 atom stereocenters.